The zero-order valence-corrected chi connectivity index (χ0v) is 4.51. The SMILES string of the molecule is CONC(=O)CON. The summed E-state index contributed by atoms with van der Waals surface area (Å²) in [4.78, 5) is 18.4. The number of amides is 1. The summed E-state index contributed by atoms with van der Waals surface area (Å²) in [6, 6.07) is 0. The van der Waals surface area contributed by atoms with E-state index < -0.39 is 5.91 Å². The quantitative estimate of drug-likeness (QED) is 0.447. The highest BCUT2D eigenvalue weighted by Crippen LogP contribution is 1.63. The summed E-state index contributed by atoms with van der Waals surface area (Å²) in [5.74, 6) is 4.14. The molecule has 0 rings (SSSR count). The molecule has 8 heavy (non-hydrogen) atoms. The van der Waals surface area contributed by atoms with Crippen LogP contribution in [0.3, 0.4) is 0 Å². The van der Waals surface area contributed by atoms with E-state index in [2.05, 4.69) is 15.6 Å². The molecule has 0 saturated carbocycles. The van der Waals surface area contributed by atoms with Gasteiger partial charge in [-0.1, -0.05) is 0 Å². The van der Waals surface area contributed by atoms with E-state index in [-0.39, 0.29) is 6.61 Å². The molecule has 0 radical (unpaired) electrons. The van der Waals surface area contributed by atoms with Gasteiger partial charge in [0.05, 0.1) is 7.11 Å². The van der Waals surface area contributed by atoms with Gasteiger partial charge in [-0.15, -0.1) is 0 Å². The van der Waals surface area contributed by atoms with Crippen LogP contribution in [0.5, 0.6) is 0 Å². The zero-order valence-electron chi connectivity index (χ0n) is 4.51. The highest BCUT2D eigenvalue weighted by atomic mass is 16.7. The van der Waals surface area contributed by atoms with Crippen LogP contribution < -0.4 is 11.4 Å². The number of nitrogens with two attached hydrogens (primary N) is 1. The van der Waals surface area contributed by atoms with Crippen molar-refractivity contribution in [2.45, 2.75) is 0 Å². The third-order valence-corrected chi connectivity index (χ3v) is 0.430. The Kier molecular flexibility index (Phi) is 4.14. The number of hydrogen-bond acceptors (Lipinski definition) is 4. The summed E-state index contributed by atoms with van der Waals surface area (Å²) in [5.41, 5.74) is 2.00. The summed E-state index contributed by atoms with van der Waals surface area (Å²) in [7, 11) is 1.33. The third-order valence-electron chi connectivity index (χ3n) is 0.430. The van der Waals surface area contributed by atoms with E-state index in [0.29, 0.717) is 0 Å². The highest BCUT2D eigenvalue weighted by molar-refractivity contribution is 5.75. The summed E-state index contributed by atoms with van der Waals surface area (Å²) in [6.07, 6.45) is 0. The Labute approximate surface area is 46.7 Å². The first kappa shape index (κ1) is 7.35. The Bertz CT molecular complexity index is 66.9. The second-order valence-corrected chi connectivity index (χ2v) is 1.04. The topological polar surface area (TPSA) is 73.6 Å². The van der Waals surface area contributed by atoms with Gasteiger partial charge in [0.15, 0.2) is 0 Å². The van der Waals surface area contributed by atoms with E-state index in [1.54, 1.807) is 0 Å². The number of carbonyl (C=O) groups excluding carboxylic acids is 1. The van der Waals surface area contributed by atoms with Crippen LogP contribution in [-0.4, -0.2) is 19.6 Å². The van der Waals surface area contributed by atoms with E-state index in [9.17, 15) is 4.79 Å². The van der Waals surface area contributed by atoms with Crippen molar-refractivity contribution < 1.29 is 14.5 Å². The summed E-state index contributed by atoms with van der Waals surface area (Å²) in [5, 5.41) is 0. The molecule has 1 amide bonds. The molecule has 0 aromatic heterocycles. The van der Waals surface area contributed by atoms with Crippen LogP contribution in [-0.2, 0) is 14.5 Å². The van der Waals surface area contributed by atoms with Crippen molar-refractivity contribution in [3.05, 3.63) is 0 Å². The predicted molar refractivity (Wildman–Crippen MR) is 25.3 cm³/mol. The molecule has 0 fully saturated rings. The van der Waals surface area contributed by atoms with E-state index in [1.807, 2.05) is 5.48 Å². The molecule has 0 heterocycles. The van der Waals surface area contributed by atoms with Gasteiger partial charge in [-0.05, 0) is 0 Å². The molecule has 0 aliphatic rings. The number of rotatable bonds is 3. The van der Waals surface area contributed by atoms with Crippen molar-refractivity contribution in [1.82, 2.24) is 5.48 Å². The first-order valence-electron chi connectivity index (χ1n) is 1.94. The largest absolute Gasteiger partial charge is 0.295 e. The van der Waals surface area contributed by atoms with Gasteiger partial charge in [0.1, 0.15) is 6.61 Å². The Morgan fingerprint density at radius 2 is 2.50 bits per heavy atom. The molecule has 3 N–H and O–H groups in total. The maximum Gasteiger partial charge on any atom is 0.271 e. The minimum atomic E-state index is -0.407. The lowest BCUT2D eigenvalue weighted by molar-refractivity contribution is -0.136. The van der Waals surface area contributed by atoms with Gasteiger partial charge < -0.3 is 0 Å². The Hall–Kier alpha value is -0.650. The Balaban J connectivity index is 3.06. The van der Waals surface area contributed by atoms with Crippen LogP contribution in [0.1, 0.15) is 0 Å². The molecule has 0 spiro atoms. The normalized spacial score (nSPS) is 8.75. The molecular weight excluding hydrogens is 112 g/mol. The molecule has 0 saturated heterocycles. The van der Waals surface area contributed by atoms with Crippen LogP contribution in [0.2, 0.25) is 0 Å². The fraction of sp³-hybridized carbons (Fsp3) is 0.667. The molecule has 0 aliphatic heterocycles. The second-order valence-electron chi connectivity index (χ2n) is 1.04. The van der Waals surface area contributed by atoms with Crippen molar-refractivity contribution >= 4 is 5.91 Å². The van der Waals surface area contributed by atoms with Crippen molar-refractivity contribution in [1.29, 1.82) is 0 Å². The average Bonchev–Trinajstić information content (AvgIpc) is 1.68. The predicted octanol–water partition coefficient (Wildman–Crippen LogP) is -1.45. The fourth-order valence-corrected chi connectivity index (χ4v) is 0.219. The van der Waals surface area contributed by atoms with Crippen molar-refractivity contribution in [2.24, 2.45) is 5.90 Å². The maximum absolute atomic E-state index is 10.2. The van der Waals surface area contributed by atoms with Gasteiger partial charge in [0, 0.05) is 0 Å². The van der Waals surface area contributed by atoms with Gasteiger partial charge in [-0.3, -0.25) is 14.5 Å². The summed E-state index contributed by atoms with van der Waals surface area (Å²) < 4.78 is 0. The van der Waals surface area contributed by atoms with Gasteiger partial charge >= 0.3 is 0 Å². The zero-order chi connectivity index (χ0) is 6.41. The lowest BCUT2D eigenvalue weighted by Crippen LogP contribution is -2.27. The maximum atomic E-state index is 10.2. The monoisotopic (exact) mass is 120 g/mol. The molecule has 0 aromatic carbocycles. The summed E-state index contributed by atoms with van der Waals surface area (Å²) in [6.45, 7) is -0.187. The van der Waals surface area contributed by atoms with Crippen LogP contribution in [0.4, 0.5) is 0 Å². The van der Waals surface area contributed by atoms with Crippen LogP contribution in [0, 0.1) is 0 Å². The molecule has 0 bridgehead atoms. The Morgan fingerprint density at radius 1 is 1.88 bits per heavy atom. The van der Waals surface area contributed by atoms with Crippen LogP contribution in [0.15, 0.2) is 0 Å². The minimum absolute atomic E-state index is 0.187. The second kappa shape index (κ2) is 4.51. The average molecular weight is 120 g/mol. The van der Waals surface area contributed by atoms with Crippen molar-refractivity contribution in [2.75, 3.05) is 13.7 Å². The van der Waals surface area contributed by atoms with Crippen molar-refractivity contribution in [3.8, 4) is 0 Å². The van der Waals surface area contributed by atoms with E-state index >= 15 is 0 Å². The molecule has 0 aliphatic carbocycles. The first-order valence-corrected chi connectivity index (χ1v) is 1.94. The minimum Gasteiger partial charge on any atom is -0.295 e. The van der Waals surface area contributed by atoms with Crippen LogP contribution in [0.25, 0.3) is 0 Å². The third kappa shape index (κ3) is 3.54. The van der Waals surface area contributed by atoms with Gasteiger partial charge in [0.25, 0.3) is 5.91 Å². The Morgan fingerprint density at radius 3 is 2.88 bits per heavy atom. The highest BCUT2D eigenvalue weighted by Gasteiger charge is 1.95. The summed E-state index contributed by atoms with van der Waals surface area (Å²) >= 11 is 0. The fourth-order valence-electron chi connectivity index (χ4n) is 0.219. The standard InChI is InChI=1S/C3H8N2O3/c1-7-5-3(6)2-8-4/h2,4H2,1H3,(H,5,6). The molecule has 5 nitrogen and oxygen atoms in total. The van der Waals surface area contributed by atoms with Gasteiger partial charge in [-0.25, -0.2) is 11.4 Å². The molecule has 0 atom stereocenters. The number of carbonyl (C=O) groups is 1. The number of nitrogens with one attached hydrogen (secondary N) is 1. The molecule has 5 heteroatoms. The first-order chi connectivity index (χ1) is 3.81. The van der Waals surface area contributed by atoms with E-state index in [0.717, 1.165) is 0 Å². The van der Waals surface area contributed by atoms with Gasteiger partial charge in [-0.2, -0.15) is 0 Å². The molecular formula is C3H8N2O3. The van der Waals surface area contributed by atoms with Crippen molar-refractivity contribution in [3.63, 3.8) is 0 Å². The van der Waals surface area contributed by atoms with Gasteiger partial charge in [0.2, 0.25) is 0 Å². The lowest BCUT2D eigenvalue weighted by atomic mass is 10.7. The number of hydrogen-bond donors (Lipinski definition) is 2. The van der Waals surface area contributed by atoms with Crippen LogP contribution >= 0.6 is 0 Å². The lowest BCUT2D eigenvalue weighted by Gasteiger charge is -1.97. The molecule has 0 aromatic rings. The molecule has 0 unspecified atom stereocenters. The van der Waals surface area contributed by atoms with E-state index in [4.69, 9.17) is 0 Å². The van der Waals surface area contributed by atoms with E-state index in [1.165, 1.54) is 7.11 Å². The smallest absolute Gasteiger partial charge is 0.271 e. The molecule has 48 valence electrons. The number of hydroxylamine groups is 1.